The van der Waals surface area contributed by atoms with Crippen molar-refractivity contribution in [3.63, 3.8) is 0 Å². The predicted octanol–water partition coefficient (Wildman–Crippen LogP) is 3.32. The fourth-order valence-electron chi connectivity index (χ4n) is 3.82. The molecule has 3 rings (SSSR count). The number of halogens is 1. The molecule has 2 aliphatic rings. The summed E-state index contributed by atoms with van der Waals surface area (Å²) in [5.41, 5.74) is 0.755. The zero-order chi connectivity index (χ0) is 19.4. The van der Waals surface area contributed by atoms with Crippen LogP contribution in [0.15, 0.2) is 18.2 Å². The van der Waals surface area contributed by atoms with E-state index in [0.29, 0.717) is 16.3 Å². The third kappa shape index (κ3) is 4.61. The average molecular weight is 393 g/mol. The van der Waals surface area contributed by atoms with Gasteiger partial charge in [0.2, 0.25) is 11.8 Å². The second kappa shape index (κ2) is 8.74. The van der Waals surface area contributed by atoms with Crippen LogP contribution in [0.25, 0.3) is 0 Å². The van der Waals surface area contributed by atoms with Crippen LogP contribution in [-0.4, -0.2) is 37.5 Å². The number of carbonyl (C=O) groups excluding carboxylic acids is 3. The first-order valence-electron chi connectivity index (χ1n) is 9.48. The Balaban J connectivity index is 1.70. The van der Waals surface area contributed by atoms with Crippen molar-refractivity contribution in [3.05, 3.63) is 28.8 Å². The van der Waals surface area contributed by atoms with Crippen LogP contribution in [0.2, 0.25) is 5.02 Å². The maximum atomic E-state index is 12.7. The van der Waals surface area contributed by atoms with E-state index in [1.54, 1.807) is 12.1 Å². The van der Waals surface area contributed by atoms with Gasteiger partial charge < -0.3 is 15.0 Å². The number of anilines is 1. The molecule has 0 radical (unpaired) electrons. The summed E-state index contributed by atoms with van der Waals surface area (Å²) in [5, 5.41) is 3.48. The second-order valence-corrected chi connectivity index (χ2v) is 7.67. The third-order valence-electron chi connectivity index (χ3n) is 5.36. The molecule has 1 N–H and O–H groups in total. The van der Waals surface area contributed by atoms with Gasteiger partial charge in [0, 0.05) is 19.0 Å². The van der Waals surface area contributed by atoms with E-state index in [-0.39, 0.29) is 30.8 Å². The topological polar surface area (TPSA) is 75.7 Å². The third-order valence-corrected chi connectivity index (χ3v) is 5.68. The SMILES string of the molecule is COC(=O)c1ccc(Cl)c(N2CC(C(=O)NC3CCCCCC3)CC2=O)c1. The van der Waals surface area contributed by atoms with E-state index in [9.17, 15) is 14.4 Å². The molecule has 1 aromatic rings. The minimum absolute atomic E-state index is 0.0713. The number of amides is 2. The van der Waals surface area contributed by atoms with Crippen LogP contribution in [0.3, 0.4) is 0 Å². The number of ether oxygens (including phenoxy) is 1. The number of methoxy groups -OCH3 is 1. The van der Waals surface area contributed by atoms with Crippen LogP contribution in [0.5, 0.6) is 0 Å². The Kier molecular flexibility index (Phi) is 6.37. The zero-order valence-electron chi connectivity index (χ0n) is 15.5. The molecule has 1 aliphatic carbocycles. The highest BCUT2D eigenvalue weighted by molar-refractivity contribution is 6.34. The summed E-state index contributed by atoms with van der Waals surface area (Å²) in [6, 6.07) is 4.86. The number of benzene rings is 1. The number of rotatable bonds is 4. The van der Waals surface area contributed by atoms with Gasteiger partial charge >= 0.3 is 5.97 Å². The number of nitrogens with one attached hydrogen (secondary N) is 1. The molecule has 1 saturated heterocycles. The van der Waals surface area contributed by atoms with Gasteiger partial charge in [-0.05, 0) is 31.0 Å². The fraction of sp³-hybridized carbons (Fsp3) is 0.550. The van der Waals surface area contributed by atoms with E-state index in [4.69, 9.17) is 16.3 Å². The molecule has 6 nitrogen and oxygen atoms in total. The molecule has 1 saturated carbocycles. The summed E-state index contributed by atoms with van der Waals surface area (Å²) in [6.45, 7) is 0.266. The molecule has 7 heteroatoms. The second-order valence-electron chi connectivity index (χ2n) is 7.26. The van der Waals surface area contributed by atoms with E-state index < -0.39 is 11.9 Å². The summed E-state index contributed by atoms with van der Waals surface area (Å²) in [5.74, 6) is -1.14. The Hall–Kier alpha value is -2.08. The van der Waals surface area contributed by atoms with Gasteiger partial charge in [-0.25, -0.2) is 4.79 Å². The van der Waals surface area contributed by atoms with Crippen LogP contribution in [0.4, 0.5) is 5.69 Å². The Morgan fingerprint density at radius 1 is 1.19 bits per heavy atom. The summed E-state index contributed by atoms with van der Waals surface area (Å²) in [7, 11) is 1.30. The van der Waals surface area contributed by atoms with Gasteiger partial charge in [-0.2, -0.15) is 0 Å². The molecular formula is C20H25ClN2O4. The lowest BCUT2D eigenvalue weighted by molar-refractivity contribution is -0.127. The highest BCUT2D eigenvalue weighted by Gasteiger charge is 2.36. The van der Waals surface area contributed by atoms with Gasteiger partial charge in [0.15, 0.2) is 0 Å². The van der Waals surface area contributed by atoms with Crippen molar-refractivity contribution in [2.45, 2.75) is 51.0 Å². The maximum Gasteiger partial charge on any atom is 0.337 e. The Morgan fingerprint density at radius 3 is 2.56 bits per heavy atom. The van der Waals surface area contributed by atoms with Gasteiger partial charge in [0.25, 0.3) is 0 Å². The summed E-state index contributed by atoms with van der Waals surface area (Å²) in [6.07, 6.45) is 6.87. The van der Waals surface area contributed by atoms with Crippen molar-refractivity contribution in [2.75, 3.05) is 18.6 Å². The summed E-state index contributed by atoms with van der Waals surface area (Å²) >= 11 is 6.24. The minimum atomic E-state index is -0.498. The number of hydrogen-bond acceptors (Lipinski definition) is 4. The van der Waals surface area contributed by atoms with Crippen molar-refractivity contribution in [1.29, 1.82) is 0 Å². The van der Waals surface area contributed by atoms with Gasteiger partial charge in [-0.15, -0.1) is 0 Å². The summed E-state index contributed by atoms with van der Waals surface area (Å²) in [4.78, 5) is 38.4. The van der Waals surface area contributed by atoms with Crippen molar-refractivity contribution in [3.8, 4) is 0 Å². The molecule has 0 bridgehead atoms. The van der Waals surface area contributed by atoms with Gasteiger partial charge in [-0.1, -0.05) is 37.3 Å². The molecule has 146 valence electrons. The van der Waals surface area contributed by atoms with Crippen LogP contribution < -0.4 is 10.2 Å². The molecule has 2 fully saturated rings. The first-order chi connectivity index (χ1) is 13.0. The lowest BCUT2D eigenvalue weighted by atomic mass is 10.0. The molecule has 1 atom stereocenters. The number of nitrogens with zero attached hydrogens (tertiary/aromatic N) is 1. The van der Waals surface area contributed by atoms with Crippen molar-refractivity contribution < 1.29 is 19.1 Å². The van der Waals surface area contributed by atoms with Crippen molar-refractivity contribution >= 4 is 35.1 Å². The number of carbonyl (C=O) groups is 3. The largest absolute Gasteiger partial charge is 0.465 e. The highest BCUT2D eigenvalue weighted by atomic mass is 35.5. The molecule has 2 amide bonds. The molecule has 1 heterocycles. The standard InChI is InChI=1S/C20H25ClN2O4/c1-27-20(26)13-8-9-16(21)17(10-13)23-12-14(11-18(23)24)19(25)22-15-6-4-2-3-5-7-15/h8-10,14-15H,2-7,11-12H2,1H3,(H,22,25). The van der Waals surface area contributed by atoms with Gasteiger partial charge in [0.05, 0.1) is 29.3 Å². The van der Waals surface area contributed by atoms with Crippen LogP contribution >= 0.6 is 11.6 Å². The number of hydrogen-bond donors (Lipinski definition) is 1. The molecule has 1 unspecified atom stereocenters. The van der Waals surface area contributed by atoms with Gasteiger partial charge in [-0.3, -0.25) is 9.59 Å². The molecule has 0 spiro atoms. The predicted molar refractivity (Wildman–Crippen MR) is 103 cm³/mol. The fourth-order valence-corrected chi connectivity index (χ4v) is 4.04. The normalized spacial score (nSPS) is 21.0. The van der Waals surface area contributed by atoms with Crippen molar-refractivity contribution in [2.24, 2.45) is 5.92 Å². The molecule has 1 aliphatic heterocycles. The smallest absolute Gasteiger partial charge is 0.337 e. The Bertz CT molecular complexity index is 729. The van der Waals surface area contributed by atoms with Crippen LogP contribution in [-0.2, 0) is 14.3 Å². The average Bonchev–Trinajstić information content (AvgIpc) is 2.87. The molecule has 0 aromatic heterocycles. The lowest BCUT2D eigenvalue weighted by Gasteiger charge is -2.20. The maximum absolute atomic E-state index is 12.7. The Labute approximate surface area is 164 Å². The molecule has 1 aromatic carbocycles. The molecular weight excluding hydrogens is 368 g/mol. The molecule has 27 heavy (non-hydrogen) atoms. The van der Waals surface area contributed by atoms with Gasteiger partial charge in [0.1, 0.15) is 0 Å². The summed E-state index contributed by atoms with van der Waals surface area (Å²) < 4.78 is 4.73. The first kappa shape index (κ1) is 19.7. The lowest BCUT2D eigenvalue weighted by Crippen LogP contribution is -2.39. The highest BCUT2D eigenvalue weighted by Crippen LogP contribution is 2.32. The first-order valence-corrected chi connectivity index (χ1v) is 9.86. The quantitative estimate of drug-likeness (QED) is 0.630. The number of esters is 1. The Morgan fingerprint density at radius 2 is 1.89 bits per heavy atom. The zero-order valence-corrected chi connectivity index (χ0v) is 16.3. The van der Waals surface area contributed by atoms with E-state index >= 15 is 0 Å². The minimum Gasteiger partial charge on any atom is -0.465 e. The van der Waals surface area contributed by atoms with Crippen LogP contribution in [0, 0.1) is 5.92 Å². The van der Waals surface area contributed by atoms with E-state index in [2.05, 4.69) is 5.32 Å². The van der Waals surface area contributed by atoms with E-state index in [1.165, 1.54) is 30.9 Å². The van der Waals surface area contributed by atoms with Crippen LogP contribution in [0.1, 0.15) is 55.3 Å². The van der Waals surface area contributed by atoms with Crippen molar-refractivity contribution in [1.82, 2.24) is 5.32 Å². The van der Waals surface area contributed by atoms with E-state index in [1.807, 2.05) is 0 Å². The monoisotopic (exact) mass is 392 g/mol. The van der Waals surface area contributed by atoms with E-state index in [0.717, 1.165) is 25.7 Å².